The van der Waals surface area contributed by atoms with Gasteiger partial charge in [-0.3, -0.25) is 19.3 Å². The molecule has 172 valence electrons. The van der Waals surface area contributed by atoms with E-state index in [0.717, 1.165) is 22.8 Å². The largest absolute Gasteiger partial charge is 0.497 e. The van der Waals surface area contributed by atoms with E-state index in [2.05, 4.69) is 9.69 Å². The molecule has 0 fully saturated rings. The van der Waals surface area contributed by atoms with Crippen molar-refractivity contribution in [2.45, 2.75) is 25.9 Å². The smallest absolute Gasteiger partial charge is 0.272 e. The number of amides is 3. The Balaban J connectivity index is 1.89. The Morgan fingerprint density at radius 2 is 1.79 bits per heavy atom. The number of rotatable bonds is 9. The van der Waals surface area contributed by atoms with E-state index >= 15 is 0 Å². The Labute approximate surface area is 195 Å². The fraction of sp³-hybridized carbons (Fsp3) is 0.217. The first-order valence-corrected chi connectivity index (χ1v) is 11.0. The lowest BCUT2D eigenvalue weighted by molar-refractivity contribution is -0.122. The first-order valence-electron chi connectivity index (χ1n) is 10.2. The number of carbonyl (C=O) groups excluding carboxylic acids is 3. The number of nitrogens with two attached hydrogens (primary N) is 2. The molecule has 1 atom stereocenters. The van der Waals surface area contributed by atoms with Gasteiger partial charge in [-0.05, 0) is 47.8 Å². The number of methoxy groups -OCH3 is 1. The van der Waals surface area contributed by atoms with Crippen LogP contribution in [-0.4, -0.2) is 35.2 Å². The first-order chi connectivity index (χ1) is 15.9. The molecule has 5 N–H and O–H groups in total. The van der Waals surface area contributed by atoms with Crippen LogP contribution in [0.1, 0.15) is 39.1 Å². The number of hydrogen-bond donors (Lipinski definition) is 3. The zero-order valence-corrected chi connectivity index (χ0v) is 19.1. The lowest BCUT2D eigenvalue weighted by Crippen LogP contribution is -2.49. The number of benzene rings is 2. The molecule has 3 rings (SSSR count). The quantitative estimate of drug-likeness (QED) is 0.442. The summed E-state index contributed by atoms with van der Waals surface area (Å²) >= 11 is 0.778. The van der Waals surface area contributed by atoms with Crippen LogP contribution >= 0.6 is 11.5 Å². The molecule has 0 bridgehead atoms. The van der Waals surface area contributed by atoms with Crippen molar-refractivity contribution in [3.05, 3.63) is 70.7 Å². The molecule has 0 aliphatic heterocycles. The molecule has 0 saturated heterocycles. The number of aromatic nitrogens is 1. The zero-order chi connectivity index (χ0) is 24.0. The van der Waals surface area contributed by atoms with Crippen molar-refractivity contribution in [3.63, 3.8) is 0 Å². The van der Waals surface area contributed by atoms with Gasteiger partial charge in [-0.1, -0.05) is 37.3 Å². The highest BCUT2D eigenvalue weighted by molar-refractivity contribution is 7.09. The summed E-state index contributed by atoms with van der Waals surface area (Å²) < 4.78 is 9.07. The van der Waals surface area contributed by atoms with Crippen LogP contribution < -0.4 is 26.4 Å². The Morgan fingerprint density at radius 3 is 2.33 bits per heavy atom. The van der Waals surface area contributed by atoms with Crippen molar-refractivity contribution in [2.24, 2.45) is 5.73 Å². The Bertz CT molecular complexity index is 1130. The predicted octanol–water partition coefficient (Wildman–Crippen LogP) is 2.57. The number of nitrogen functional groups attached to an aromatic ring is 1. The van der Waals surface area contributed by atoms with Crippen LogP contribution in [0, 0.1) is 0 Å². The van der Waals surface area contributed by atoms with Crippen LogP contribution in [-0.2, 0) is 11.3 Å². The summed E-state index contributed by atoms with van der Waals surface area (Å²) in [7, 11) is 1.58. The summed E-state index contributed by atoms with van der Waals surface area (Å²) in [6.07, 6.45) is 0.344. The van der Waals surface area contributed by atoms with Crippen LogP contribution in [0.15, 0.2) is 54.6 Å². The van der Waals surface area contributed by atoms with Crippen molar-refractivity contribution < 1.29 is 19.1 Å². The summed E-state index contributed by atoms with van der Waals surface area (Å²) in [4.78, 5) is 39.7. The van der Waals surface area contributed by atoms with Gasteiger partial charge in [0.15, 0.2) is 5.69 Å². The van der Waals surface area contributed by atoms with E-state index in [1.807, 2.05) is 37.3 Å². The third-order valence-corrected chi connectivity index (χ3v) is 5.89. The fourth-order valence-corrected chi connectivity index (χ4v) is 4.04. The molecule has 0 saturated carbocycles. The molecule has 0 spiro atoms. The molecule has 1 heterocycles. The maximum Gasteiger partial charge on any atom is 0.272 e. The van der Waals surface area contributed by atoms with E-state index in [1.54, 1.807) is 31.4 Å². The van der Waals surface area contributed by atoms with Gasteiger partial charge in [0, 0.05) is 12.2 Å². The number of nitrogens with one attached hydrogen (secondary N) is 1. The van der Waals surface area contributed by atoms with Crippen LogP contribution in [0.25, 0.3) is 0 Å². The lowest BCUT2D eigenvalue weighted by atomic mass is 10.1. The molecule has 1 aromatic heterocycles. The van der Waals surface area contributed by atoms with Crippen LogP contribution in [0.3, 0.4) is 0 Å². The van der Waals surface area contributed by atoms with E-state index in [9.17, 15) is 14.4 Å². The second-order valence-corrected chi connectivity index (χ2v) is 7.91. The number of primary amides is 1. The molecule has 0 aliphatic rings. The average molecular weight is 468 g/mol. The van der Waals surface area contributed by atoms with Gasteiger partial charge in [-0.2, -0.15) is 4.37 Å². The van der Waals surface area contributed by atoms with Crippen molar-refractivity contribution in [3.8, 4) is 5.75 Å². The van der Waals surface area contributed by atoms with Crippen molar-refractivity contribution >= 4 is 40.6 Å². The molecule has 0 radical (unpaired) electrons. The zero-order valence-electron chi connectivity index (χ0n) is 18.3. The highest BCUT2D eigenvalue weighted by Gasteiger charge is 2.33. The highest BCUT2D eigenvalue weighted by atomic mass is 32.1. The minimum absolute atomic E-state index is 0.0501. The van der Waals surface area contributed by atoms with Crippen LogP contribution in [0.4, 0.5) is 11.4 Å². The maximum absolute atomic E-state index is 13.5. The molecule has 9 nitrogen and oxygen atoms in total. The molecule has 3 aromatic rings. The monoisotopic (exact) mass is 467 g/mol. The van der Waals surface area contributed by atoms with E-state index in [1.165, 1.54) is 4.90 Å². The number of hydrogen-bond acceptors (Lipinski definition) is 7. The third-order valence-electron chi connectivity index (χ3n) is 5.04. The lowest BCUT2D eigenvalue weighted by Gasteiger charge is -2.30. The summed E-state index contributed by atoms with van der Waals surface area (Å²) in [5.41, 5.74) is 12.4. The van der Waals surface area contributed by atoms with Gasteiger partial charge in [0.1, 0.15) is 16.7 Å². The van der Waals surface area contributed by atoms with Gasteiger partial charge in [-0.15, -0.1) is 0 Å². The highest BCUT2D eigenvalue weighted by Crippen LogP contribution is 2.28. The molecule has 1 unspecified atom stereocenters. The van der Waals surface area contributed by atoms with E-state index in [-0.39, 0.29) is 28.7 Å². The van der Waals surface area contributed by atoms with Gasteiger partial charge in [0.2, 0.25) is 5.91 Å². The van der Waals surface area contributed by atoms with E-state index in [0.29, 0.717) is 12.1 Å². The number of ether oxygens (including phenoxy) is 1. The minimum Gasteiger partial charge on any atom is -0.497 e. The Morgan fingerprint density at radius 1 is 1.12 bits per heavy atom. The topological polar surface area (TPSA) is 141 Å². The molecule has 0 aliphatic carbocycles. The van der Waals surface area contributed by atoms with Crippen molar-refractivity contribution in [1.82, 2.24) is 9.69 Å². The molecular formula is C23H25N5O4S. The van der Waals surface area contributed by atoms with Gasteiger partial charge >= 0.3 is 0 Å². The summed E-state index contributed by atoms with van der Waals surface area (Å²) in [6.45, 7) is 2.09. The molecular weight excluding hydrogens is 442 g/mol. The van der Waals surface area contributed by atoms with Gasteiger partial charge < -0.3 is 21.5 Å². The van der Waals surface area contributed by atoms with E-state index in [4.69, 9.17) is 16.2 Å². The Kier molecular flexibility index (Phi) is 7.62. The summed E-state index contributed by atoms with van der Waals surface area (Å²) in [5.74, 6) is -0.966. The van der Waals surface area contributed by atoms with Crippen LogP contribution in [0.5, 0.6) is 5.75 Å². The average Bonchev–Trinajstić information content (AvgIpc) is 3.23. The summed E-state index contributed by atoms with van der Waals surface area (Å²) in [6, 6.07) is 15.3. The normalized spacial score (nSPS) is 11.5. The summed E-state index contributed by atoms with van der Waals surface area (Å²) in [5, 5.41) is 2.89. The number of carbonyl (C=O) groups is 3. The van der Waals surface area contributed by atoms with Gasteiger partial charge in [0.05, 0.1) is 12.8 Å². The van der Waals surface area contributed by atoms with Crippen molar-refractivity contribution in [1.29, 1.82) is 0 Å². The predicted molar refractivity (Wildman–Crippen MR) is 127 cm³/mol. The fourth-order valence-electron chi connectivity index (χ4n) is 3.30. The second-order valence-electron chi connectivity index (χ2n) is 7.14. The maximum atomic E-state index is 13.5. The number of nitrogens with zero attached hydrogens (tertiary/aromatic N) is 2. The van der Waals surface area contributed by atoms with Gasteiger partial charge in [-0.25, -0.2) is 0 Å². The number of para-hydroxylation sites is 1. The Hall–Kier alpha value is -3.92. The standard InChI is InChI=1S/C23H25N5O4S/c1-3-17(22(30)26-13-14-9-11-16(32-2)12-10-14)28(15-7-5-4-6-8-15)23(31)20-18(24)19(21(25)29)27-33-20/h4-12,17H,3,13,24H2,1-2H3,(H2,25,29)(H,26,30). The van der Waals surface area contributed by atoms with Crippen molar-refractivity contribution in [2.75, 3.05) is 17.7 Å². The van der Waals surface area contributed by atoms with Crippen LogP contribution in [0.2, 0.25) is 0 Å². The molecule has 33 heavy (non-hydrogen) atoms. The second kappa shape index (κ2) is 10.6. The molecule has 10 heteroatoms. The molecule has 2 aromatic carbocycles. The number of anilines is 2. The van der Waals surface area contributed by atoms with E-state index < -0.39 is 17.9 Å². The first kappa shape index (κ1) is 23.7. The van der Waals surface area contributed by atoms with Gasteiger partial charge in [0.25, 0.3) is 11.8 Å². The third kappa shape index (κ3) is 5.29. The SMILES string of the molecule is CCC(C(=O)NCc1ccc(OC)cc1)N(C(=O)c1snc(C(N)=O)c1N)c1ccccc1. The minimum atomic E-state index is -0.823. The molecule has 3 amide bonds.